The molecule has 1 heterocycles. The first-order valence-corrected chi connectivity index (χ1v) is 8.61. The molecule has 0 saturated carbocycles. The van der Waals surface area contributed by atoms with Gasteiger partial charge < -0.3 is 9.64 Å². The standard InChI is InChI=1S/C19H20NO3P/c21-13-14-5-1-3-7-17(14)23-15-9-11-20(12-10-15)19(22)16-6-2-4-8-18(16)24/h1-8,13,15H,9-12,24H2. The molecule has 1 aliphatic heterocycles. The van der Waals surface area contributed by atoms with Crippen LogP contribution in [0.4, 0.5) is 0 Å². The molecule has 5 heteroatoms. The maximum atomic E-state index is 12.6. The SMILES string of the molecule is O=Cc1ccccc1OC1CCN(C(=O)c2ccccc2P)CC1. The number of carbonyl (C=O) groups excluding carboxylic acids is 2. The summed E-state index contributed by atoms with van der Waals surface area (Å²) in [6, 6.07) is 14.8. The predicted octanol–water partition coefficient (Wildman–Crippen LogP) is 2.68. The molecule has 3 rings (SSSR count). The summed E-state index contributed by atoms with van der Waals surface area (Å²) < 4.78 is 5.96. The number of benzene rings is 2. The molecule has 0 N–H and O–H groups in total. The number of piperidine rings is 1. The predicted molar refractivity (Wildman–Crippen MR) is 97.2 cm³/mol. The molecule has 1 aliphatic rings. The zero-order chi connectivity index (χ0) is 16.9. The quantitative estimate of drug-likeness (QED) is 0.634. The third kappa shape index (κ3) is 3.65. The van der Waals surface area contributed by atoms with Gasteiger partial charge in [-0.25, -0.2) is 0 Å². The van der Waals surface area contributed by atoms with Crippen LogP contribution in [0, 0.1) is 0 Å². The highest BCUT2D eigenvalue weighted by Gasteiger charge is 2.25. The van der Waals surface area contributed by atoms with E-state index in [1.165, 1.54) is 0 Å². The molecule has 2 aromatic carbocycles. The van der Waals surface area contributed by atoms with E-state index in [2.05, 4.69) is 9.24 Å². The topological polar surface area (TPSA) is 46.6 Å². The highest BCUT2D eigenvalue weighted by molar-refractivity contribution is 7.27. The Morgan fingerprint density at radius 2 is 1.75 bits per heavy atom. The molecule has 124 valence electrons. The van der Waals surface area contributed by atoms with Crippen LogP contribution in [0.25, 0.3) is 0 Å². The van der Waals surface area contributed by atoms with Crippen molar-refractivity contribution in [3.05, 3.63) is 59.7 Å². The number of carbonyl (C=O) groups is 2. The Morgan fingerprint density at radius 1 is 1.08 bits per heavy atom. The lowest BCUT2D eigenvalue weighted by atomic mass is 10.1. The lowest BCUT2D eigenvalue weighted by Crippen LogP contribution is -2.42. The zero-order valence-corrected chi connectivity index (χ0v) is 14.5. The molecule has 1 fully saturated rings. The first kappa shape index (κ1) is 16.7. The summed E-state index contributed by atoms with van der Waals surface area (Å²) in [6.07, 6.45) is 2.36. The summed E-state index contributed by atoms with van der Waals surface area (Å²) in [5, 5.41) is 0.917. The average molecular weight is 341 g/mol. The summed E-state index contributed by atoms with van der Waals surface area (Å²) in [5.74, 6) is 0.680. The van der Waals surface area contributed by atoms with Crippen LogP contribution >= 0.6 is 9.24 Å². The van der Waals surface area contributed by atoms with Crippen molar-refractivity contribution in [1.82, 2.24) is 4.90 Å². The van der Waals surface area contributed by atoms with Gasteiger partial charge in [-0.05, 0) is 23.5 Å². The van der Waals surface area contributed by atoms with Crippen LogP contribution in [-0.4, -0.2) is 36.3 Å². The van der Waals surface area contributed by atoms with E-state index in [9.17, 15) is 9.59 Å². The molecular formula is C19H20NO3P. The third-order valence-corrected chi connectivity index (χ3v) is 4.76. The molecule has 0 spiro atoms. The summed E-state index contributed by atoms with van der Waals surface area (Å²) >= 11 is 0. The van der Waals surface area contributed by atoms with E-state index in [0.29, 0.717) is 24.4 Å². The van der Waals surface area contributed by atoms with Crippen LogP contribution in [0.15, 0.2) is 48.5 Å². The van der Waals surface area contributed by atoms with Crippen LogP contribution in [0.3, 0.4) is 0 Å². The lowest BCUT2D eigenvalue weighted by molar-refractivity contribution is 0.0596. The minimum absolute atomic E-state index is 0.0291. The molecule has 4 nitrogen and oxygen atoms in total. The molecule has 0 aliphatic carbocycles. The molecule has 1 amide bonds. The maximum Gasteiger partial charge on any atom is 0.254 e. The second kappa shape index (κ2) is 7.59. The second-order valence-corrected chi connectivity index (χ2v) is 6.47. The Bertz CT molecular complexity index is 739. The zero-order valence-electron chi connectivity index (χ0n) is 13.4. The number of aldehydes is 1. The normalized spacial score (nSPS) is 15.1. The van der Waals surface area contributed by atoms with Gasteiger partial charge in [-0.3, -0.25) is 9.59 Å². The van der Waals surface area contributed by atoms with Gasteiger partial charge in [-0.2, -0.15) is 0 Å². The highest BCUT2D eigenvalue weighted by atomic mass is 31.0. The van der Waals surface area contributed by atoms with Crippen molar-refractivity contribution >= 4 is 26.7 Å². The summed E-state index contributed by atoms with van der Waals surface area (Å²) in [6.45, 7) is 1.32. The van der Waals surface area contributed by atoms with Crippen molar-refractivity contribution in [2.24, 2.45) is 0 Å². The van der Waals surface area contributed by atoms with Gasteiger partial charge >= 0.3 is 0 Å². The number of ether oxygens (including phenoxy) is 1. The number of hydrogen-bond acceptors (Lipinski definition) is 3. The first-order chi connectivity index (χ1) is 11.7. The molecule has 1 saturated heterocycles. The average Bonchev–Trinajstić information content (AvgIpc) is 2.63. The molecular weight excluding hydrogens is 321 g/mol. The van der Waals surface area contributed by atoms with Gasteiger partial charge in [0, 0.05) is 31.5 Å². The Balaban J connectivity index is 1.61. The van der Waals surface area contributed by atoms with Crippen molar-refractivity contribution in [2.45, 2.75) is 18.9 Å². The maximum absolute atomic E-state index is 12.6. The van der Waals surface area contributed by atoms with Gasteiger partial charge in [-0.1, -0.05) is 30.3 Å². The van der Waals surface area contributed by atoms with Crippen LogP contribution in [-0.2, 0) is 0 Å². The van der Waals surface area contributed by atoms with Gasteiger partial charge in [0.25, 0.3) is 5.91 Å². The van der Waals surface area contributed by atoms with E-state index < -0.39 is 0 Å². The van der Waals surface area contributed by atoms with E-state index in [0.717, 1.165) is 30.0 Å². The van der Waals surface area contributed by atoms with Gasteiger partial charge in [0.15, 0.2) is 6.29 Å². The van der Waals surface area contributed by atoms with Crippen LogP contribution in [0.1, 0.15) is 33.6 Å². The smallest absolute Gasteiger partial charge is 0.254 e. The number of likely N-dealkylation sites (tertiary alicyclic amines) is 1. The van der Waals surface area contributed by atoms with Crippen molar-refractivity contribution in [3.63, 3.8) is 0 Å². The molecule has 24 heavy (non-hydrogen) atoms. The van der Waals surface area contributed by atoms with Gasteiger partial charge in [0.1, 0.15) is 11.9 Å². The van der Waals surface area contributed by atoms with E-state index in [1.54, 1.807) is 6.07 Å². The van der Waals surface area contributed by atoms with Crippen molar-refractivity contribution in [3.8, 4) is 5.75 Å². The number of amides is 1. The van der Waals surface area contributed by atoms with Crippen LogP contribution in [0.2, 0.25) is 0 Å². The lowest BCUT2D eigenvalue weighted by Gasteiger charge is -2.32. The first-order valence-electron chi connectivity index (χ1n) is 8.03. The van der Waals surface area contributed by atoms with E-state index >= 15 is 0 Å². The number of para-hydroxylation sites is 1. The molecule has 0 bridgehead atoms. The van der Waals surface area contributed by atoms with Crippen LogP contribution < -0.4 is 10.0 Å². The fourth-order valence-electron chi connectivity index (χ4n) is 2.90. The number of hydrogen-bond donors (Lipinski definition) is 0. The molecule has 0 aromatic heterocycles. The fraction of sp³-hybridized carbons (Fsp3) is 0.263. The Labute approximate surface area is 144 Å². The largest absolute Gasteiger partial charge is 0.490 e. The summed E-state index contributed by atoms with van der Waals surface area (Å²) in [4.78, 5) is 25.5. The second-order valence-electron chi connectivity index (χ2n) is 5.85. The fourth-order valence-corrected chi connectivity index (χ4v) is 3.23. The van der Waals surface area contributed by atoms with Crippen LogP contribution in [0.5, 0.6) is 5.75 Å². The Kier molecular flexibility index (Phi) is 5.27. The van der Waals surface area contributed by atoms with Gasteiger partial charge in [-0.15, -0.1) is 9.24 Å². The van der Waals surface area contributed by atoms with Gasteiger partial charge in [0.05, 0.1) is 5.56 Å². The number of rotatable bonds is 4. The minimum atomic E-state index is 0.0291. The van der Waals surface area contributed by atoms with E-state index in [4.69, 9.17) is 4.74 Å². The van der Waals surface area contributed by atoms with Crippen molar-refractivity contribution in [2.75, 3.05) is 13.1 Å². The third-order valence-electron chi connectivity index (χ3n) is 4.26. The van der Waals surface area contributed by atoms with Crippen molar-refractivity contribution in [1.29, 1.82) is 0 Å². The van der Waals surface area contributed by atoms with E-state index in [-0.39, 0.29) is 12.0 Å². The number of nitrogens with zero attached hydrogens (tertiary/aromatic N) is 1. The monoisotopic (exact) mass is 341 g/mol. The Hall–Kier alpha value is -2.19. The molecule has 1 atom stereocenters. The summed E-state index contributed by atoms with van der Waals surface area (Å²) in [7, 11) is 2.61. The molecule has 0 radical (unpaired) electrons. The highest BCUT2D eigenvalue weighted by Crippen LogP contribution is 2.22. The van der Waals surface area contributed by atoms with E-state index in [1.807, 2.05) is 47.4 Å². The van der Waals surface area contributed by atoms with Gasteiger partial charge in [0.2, 0.25) is 0 Å². The summed E-state index contributed by atoms with van der Waals surface area (Å²) in [5.41, 5.74) is 1.29. The minimum Gasteiger partial charge on any atom is -0.490 e. The Morgan fingerprint density at radius 3 is 2.46 bits per heavy atom. The van der Waals surface area contributed by atoms with Crippen molar-refractivity contribution < 1.29 is 14.3 Å². The molecule has 1 unspecified atom stereocenters. The molecule has 2 aromatic rings.